The molecule has 0 saturated heterocycles. The molecule has 9 aromatic carbocycles. The van der Waals surface area contributed by atoms with Crippen LogP contribution in [0.5, 0.6) is 11.5 Å². The zero-order valence-electron chi connectivity index (χ0n) is 53.1. The summed E-state index contributed by atoms with van der Waals surface area (Å²) in [5, 5.41) is 1.83. The summed E-state index contributed by atoms with van der Waals surface area (Å²) >= 11 is 0. The van der Waals surface area contributed by atoms with Crippen LogP contribution in [0.15, 0.2) is 224 Å². The average molecular weight is 1150 g/mol. The summed E-state index contributed by atoms with van der Waals surface area (Å²) in [4.78, 5) is 5.13. The summed E-state index contributed by atoms with van der Waals surface area (Å²) in [6, 6.07) is 50.4. The van der Waals surface area contributed by atoms with Gasteiger partial charge in [-0.15, -0.1) is 29.7 Å². The fourth-order valence-corrected chi connectivity index (χ4v) is 9.58. The first-order valence-electron chi connectivity index (χ1n) is 30.1. The molecule has 0 unspecified atom stereocenters. The zero-order chi connectivity index (χ0) is 60.2. The molecular weight excluding hydrogens is 1080 g/mol. The van der Waals surface area contributed by atoms with Gasteiger partial charge in [0.2, 0.25) is 0 Å². The second kappa shape index (κ2) is 19.7. The van der Waals surface area contributed by atoms with Crippen molar-refractivity contribution in [1.29, 1.82) is 0 Å². The monoisotopic (exact) mass is 1150 g/mol. The zero-order valence-corrected chi connectivity index (χ0v) is 43.4. The van der Waals surface area contributed by atoms with Crippen molar-refractivity contribution in [2.45, 2.75) is 51.8 Å². The SMILES string of the molecule is [2H]c1c([2H])c([2H])c(-c2cccc(-c3c([2H])c([2H])c([2H])c([2H])c3[2H])c2-[n+]2[c-]n(-c3[c-]c(Oc4[c-]c5c(cc4)c4cc(C(C)(C)C)ccc4n5-c4cc(C([2H])([2H])C(C)(C)c5ccccc5)c(-c5ccccc5)cn4)ccc3)c3ccccc32)c([2H])c1[2H].[Pt]. The van der Waals surface area contributed by atoms with Gasteiger partial charge in [-0.3, -0.25) is 4.57 Å². The van der Waals surface area contributed by atoms with Crippen LogP contribution in [0, 0.1) is 18.5 Å². The number of para-hydroxylation sites is 3. The summed E-state index contributed by atoms with van der Waals surface area (Å²) < 4.78 is 120. The van der Waals surface area contributed by atoms with Crippen molar-refractivity contribution in [3.05, 3.63) is 259 Å². The van der Waals surface area contributed by atoms with E-state index in [2.05, 4.69) is 57.4 Å². The van der Waals surface area contributed by atoms with Crippen molar-refractivity contribution in [2.24, 2.45) is 0 Å². The van der Waals surface area contributed by atoms with Crippen LogP contribution in [0.3, 0.4) is 0 Å². The Labute approximate surface area is 465 Å². The Morgan fingerprint density at radius 1 is 0.581 bits per heavy atom. The molecule has 3 aromatic heterocycles. The molecule has 3 heterocycles. The second-order valence-corrected chi connectivity index (χ2v) is 19.4. The van der Waals surface area contributed by atoms with Crippen LogP contribution in [-0.2, 0) is 38.3 Å². The quantitative estimate of drug-likeness (QED) is 0.0956. The maximum atomic E-state index is 10.1. The Bertz CT molecular complexity index is 4550. The predicted octanol–water partition coefficient (Wildman–Crippen LogP) is 16.4. The van der Waals surface area contributed by atoms with E-state index >= 15 is 0 Å². The third kappa shape index (κ3) is 9.07. The first kappa shape index (κ1) is 35.9. The van der Waals surface area contributed by atoms with E-state index in [1.165, 1.54) is 0 Å². The molecule has 0 atom stereocenters. The number of rotatable bonds is 11. The van der Waals surface area contributed by atoms with Crippen molar-refractivity contribution in [2.75, 3.05) is 0 Å². The molecule has 0 bridgehead atoms. The molecule has 5 nitrogen and oxygen atoms in total. The van der Waals surface area contributed by atoms with Crippen molar-refractivity contribution < 1.29 is 46.8 Å². The minimum atomic E-state index is -1.92. The normalized spacial score (nSPS) is 14.3. The smallest absolute Gasteiger partial charge is 0.268 e. The van der Waals surface area contributed by atoms with Gasteiger partial charge in [-0.25, -0.2) is 4.98 Å². The molecule has 0 aliphatic carbocycles. The van der Waals surface area contributed by atoms with Gasteiger partial charge in [0, 0.05) is 52.6 Å². The van der Waals surface area contributed by atoms with Gasteiger partial charge in [-0.05, 0) is 84.9 Å². The van der Waals surface area contributed by atoms with Crippen LogP contribution in [-0.4, -0.2) is 14.1 Å². The summed E-state index contributed by atoms with van der Waals surface area (Å²) in [6.07, 6.45) is 3.26. The van der Waals surface area contributed by atoms with Crippen LogP contribution >= 0.6 is 0 Å². The molecule has 12 rings (SSSR count). The Hall–Kier alpha value is -8.11. The van der Waals surface area contributed by atoms with Gasteiger partial charge in [0.1, 0.15) is 5.82 Å². The third-order valence-corrected chi connectivity index (χ3v) is 13.2. The van der Waals surface area contributed by atoms with E-state index in [0.717, 1.165) is 33.0 Å². The van der Waals surface area contributed by atoms with Gasteiger partial charge >= 0.3 is 0 Å². The standard InChI is InChI=1S/C68H54N4O.Pt/c1-67(2,3)52-36-39-61-59(41-52)58-38-37-55(43-64(58)72(61)65-40-50(44-68(4,5)51-28-16-9-17-29-51)60(45-69-65)49-26-14-8-15-27-49)73-54-31-20-30-53(42-54)70-46-71(63-35-19-18-34-62(63)70)66-56(47-22-10-6-11-23-47)32-21-33-57(66)48-24-12-7-13-25-48;/h6-41,45H,44H2,1-5H3;/q-2;/i6D,7D,10D,11D,12D,13D,22D,23D,24D,25D,44D2;. The van der Waals surface area contributed by atoms with Gasteiger partial charge in [-0.2, -0.15) is 18.2 Å². The fourth-order valence-electron chi connectivity index (χ4n) is 9.58. The van der Waals surface area contributed by atoms with E-state index in [-0.39, 0.29) is 54.4 Å². The number of imidazole rings is 1. The summed E-state index contributed by atoms with van der Waals surface area (Å²) in [5.41, 5.74) is 5.84. The molecule has 364 valence electrons. The number of ether oxygens (including phenoxy) is 1. The molecule has 74 heavy (non-hydrogen) atoms. The maximum Gasteiger partial charge on any atom is 0.268 e. The van der Waals surface area contributed by atoms with Gasteiger partial charge in [0.05, 0.1) is 30.4 Å². The minimum Gasteiger partial charge on any atom is -0.510 e. The number of pyridine rings is 1. The van der Waals surface area contributed by atoms with Gasteiger partial charge in [0.15, 0.2) is 0 Å². The van der Waals surface area contributed by atoms with Crippen molar-refractivity contribution >= 4 is 32.8 Å². The minimum absolute atomic E-state index is 0. The van der Waals surface area contributed by atoms with Crippen LogP contribution in [0.2, 0.25) is 0 Å². The van der Waals surface area contributed by atoms with E-state index in [1.54, 1.807) is 63.9 Å². The topological polar surface area (TPSA) is 35.9 Å². The predicted molar refractivity (Wildman–Crippen MR) is 298 cm³/mol. The average Bonchev–Trinajstić information content (AvgIpc) is 1.42. The van der Waals surface area contributed by atoms with Gasteiger partial charge in [-0.1, -0.05) is 216 Å². The van der Waals surface area contributed by atoms with Crippen LogP contribution < -0.4 is 9.30 Å². The van der Waals surface area contributed by atoms with Crippen LogP contribution in [0.25, 0.3) is 83.4 Å². The third-order valence-electron chi connectivity index (χ3n) is 13.2. The van der Waals surface area contributed by atoms with Crippen LogP contribution in [0.4, 0.5) is 0 Å². The molecule has 0 aliphatic heterocycles. The van der Waals surface area contributed by atoms with E-state index in [0.29, 0.717) is 50.7 Å². The molecular formula is C68H54N4OPt-2. The number of aromatic nitrogens is 4. The van der Waals surface area contributed by atoms with Crippen molar-refractivity contribution in [3.8, 4) is 62.1 Å². The van der Waals surface area contributed by atoms with Gasteiger partial charge < -0.3 is 13.9 Å². The fraction of sp³-hybridized carbons (Fsp3) is 0.118. The summed E-state index contributed by atoms with van der Waals surface area (Å²) in [7, 11) is 0. The Morgan fingerprint density at radius 3 is 1.93 bits per heavy atom. The number of hydrogen-bond acceptors (Lipinski definition) is 2. The first-order chi connectivity index (χ1) is 40.5. The summed E-state index contributed by atoms with van der Waals surface area (Å²) in [5.74, 6) is 1.13. The Balaban J connectivity index is 0.00000768. The van der Waals surface area contributed by atoms with Crippen LogP contribution in [0.1, 0.15) is 67.8 Å². The Kier molecular flexibility index (Phi) is 9.57. The number of benzene rings is 9. The molecule has 0 amide bonds. The molecule has 0 saturated carbocycles. The Morgan fingerprint density at radius 2 is 1.23 bits per heavy atom. The number of fused-ring (bicyclic) bond motifs is 4. The van der Waals surface area contributed by atoms with E-state index in [1.807, 2.05) is 109 Å². The van der Waals surface area contributed by atoms with E-state index in [9.17, 15) is 2.74 Å². The maximum absolute atomic E-state index is 10.1. The van der Waals surface area contributed by atoms with E-state index < -0.39 is 72.2 Å². The first-order valence-corrected chi connectivity index (χ1v) is 24.1. The molecule has 0 fully saturated rings. The molecule has 0 spiro atoms. The summed E-state index contributed by atoms with van der Waals surface area (Å²) in [6.45, 7) is 10.4. The second-order valence-electron chi connectivity index (χ2n) is 19.4. The van der Waals surface area contributed by atoms with Crippen molar-refractivity contribution in [1.82, 2.24) is 14.1 Å². The molecule has 0 N–H and O–H groups in total. The molecule has 0 aliphatic rings. The largest absolute Gasteiger partial charge is 0.510 e. The molecule has 12 aromatic rings. The van der Waals surface area contributed by atoms with E-state index in [4.69, 9.17) is 23.4 Å². The molecule has 6 heteroatoms. The number of hydrogen-bond donors (Lipinski definition) is 0. The number of nitrogens with zero attached hydrogens (tertiary/aromatic N) is 4. The van der Waals surface area contributed by atoms with Crippen molar-refractivity contribution in [3.63, 3.8) is 0 Å². The van der Waals surface area contributed by atoms with Gasteiger partial charge in [0.25, 0.3) is 6.33 Å². The molecule has 0 radical (unpaired) electrons.